The zero-order valence-corrected chi connectivity index (χ0v) is 25.8. The van der Waals surface area contributed by atoms with Gasteiger partial charge in [0.05, 0.1) is 12.6 Å². The number of rotatable bonds is 11. The molecule has 0 spiro atoms. The van der Waals surface area contributed by atoms with Crippen LogP contribution >= 0.6 is 13.5 Å². The number of hydrogen-bond donors (Lipinski definition) is 2. The number of nitrogens with one attached hydrogen (secondary N) is 1. The molecule has 0 saturated carbocycles. The van der Waals surface area contributed by atoms with E-state index in [0.717, 1.165) is 52.4 Å². The number of benzene rings is 3. The number of anilines is 2. The summed E-state index contributed by atoms with van der Waals surface area (Å²) in [5, 5.41) is 3.51. The normalized spacial score (nSPS) is 13.2. The Morgan fingerprint density at radius 2 is 1.63 bits per heavy atom. The maximum Gasteiger partial charge on any atom is 0.240 e. The summed E-state index contributed by atoms with van der Waals surface area (Å²) in [4.78, 5) is 31.9. The largest absolute Gasteiger partial charge is 0.340 e. The number of imidazole rings is 1. The highest BCUT2D eigenvalue weighted by Gasteiger charge is 2.29. The van der Waals surface area contributed by atoms with Gasteiger partial charge in [0.25, 0.3) is 0 Å². The maximum atomic E-state index is 13.7. The van der Waals surface area contributed by atoms with Crippen molar-refractivity contribution in [2.24, 2.45) is 5.73 Å². The van der Waals surface area contributed by atoms with Crippen LogP contribution in [-0.4, -0.2) is 38.7 Å². The molecule has 4 aromatic rings. The molecule has 0 bridgehead atoms. The summed E-state index contributed by atoms with van der Waals surface area (Å²) in [6, 6.07) is 21.7. The number of aryl methyl sites for hydroxylation is 2. The molecule has 0 saturated heterocycles. The van der Waals surface area contributed by atoms with E-state index >= 15 is 0 Å². The van der Waals surface area contributed by atoms with Crippen molar-refractivity contribution in [1.82, 2.24) is 14.5 Å². The quantitative estimate of drug-likeness (QED) is 0.218. The van der Waals surface area contributed by atoms with Gasteiger partial charge in [0.2, 0.25) is 5.91 Å². The second-order valence-electron chi connectivity index (χ2n) is 11.1. The van der Waals surface area contributed by atoms with Gasteiger partial charge in [-0.2, -0.15) is 13.5 Å². The van der Waals surface area contributed by atoms with Crippen molar-refractivity contribution < 1.29 is 14.0 Å². The van der Waals surface area contributed by atoms with E-state index in [4.69, 9.17) is 10.7 Å². The van der Waals surface area contributed by atoms with Gasteiger partial charge in [0.1, 0.15) is 28.9 Å². The molecule has 3 aromatic carbocycles. The van der Waals surface area contributed by atoms with E-state index in [0.29, 0.717) is 50.4 Å². The Kier molecular flexibility index (Phi) is 10.8. The van der Waals surface area contributed by atoms with Gasteiger partial charge in [-0.25, -0.2) is 9.37 Å². The Labute approximate surface area is 259 Å². The number of fused-ring (bicyclic) bond motifs is 1. The Hall–Kier alpha value is -3.95. The number of ketones is 1. The molecule has 1 aliphatic rings. The van der Waals surface area contributed by atoms with Gasteiger partial charge in [-0.05, 0) is 73.7 Å². The van der Waals surface area contributed by atoms with Crippen LogP contribution in [-0.2, 0) is 35.5 Å². The molecule has 0 aliphatic carbocycles. The van der Waals surface area contributed by atoms with Crippen LogP contribution in [0.4, 0.5) is 15.9 Å². The van der Waals surface area contributed by atoms with Gasteiger partial charge >= 0.3 is 0 Å². The van der Waals surface area contributed by atoms with Gasteiger partial charge in [-0.15, -0.1) is 0 Å². The number of Topliss-reactive ketones (excluding diaryl/α,β-unsaturated/α-hetero) is 1. The summed E-state index contributed by atoms with van der Waals surface area (Å²) in [5.74, 6) is 1.43. The zero-order valence-electron chi connectivity index (χ0n) is 24.8. The summed E-state index contributed by atoms with van der Waals surface area (Å²) < 4.78 is 15.8. The van der Waals surface area contributed by atoms with Crippen LogP contribution in [0.5, 0.6) is 0 Å². The third-order valence-electron chi connectivity index (χ3n) is 7.73. The average Bonchev–Trinajstić information content (AvgIpc) is 3.35. The first kappa shape index (κ1) is 32.0. The Morgan fingerprint density at radius 1 is 0.953 bits per heavy atom. The molecule has 1 amide bonds. The van der Waals surface area contributed by atoms with Crippen LogP contribution < -0.4 is 11.1 Å². The maximum absolute atomic E-state index is 13.7. The molecular weight excluding hydrogens is 561 g/mol. The van der Waals surface area contributed by atoms with E-state index in [-0.39, 0.29) is 25.2 Å². The Morgan fingerprint density at radius 3 is 2.30 bits per heavy atom. The van der Waals surface area contributed by atoms with Crippen LogP contribution in [0.15, 0.2) is 72.8 Å². The molecule has 7 nitrogen and oxygen atoms in total. The molecule has 0 fully saturated rings. The molecule has 43 heavy (non-hydrogen) atoms. The van der Waals surface area contributed by atoms with Gasteiger partial charge in [0.15, 0.2) is 0 Å². The van der Waals surface area contributed by atoms with Crippen molar-refractivity contribution in [2.45, 2.75) is 65.1 Å². The number of halogens is 1. The number of nitrogens with two attached hydrogens (primary N) is 1. The predicted molar refractivity (Wildman–Crippen MR) is 174 cm³/mol. The number of carbonyl (C=O) groups is 2. The second kappa shape index (κ2) is 14.5. The van der Waals surface area contributed by atoms with Crippen LogP contribution in [0.3, 0.4) is 0 Å². The Balaban J connectivity index is 0.00000423. The van der Waals surface area contributed by atoms with E-state index in [1.165, 1.54) is 12.1 Å². The fourth-order valence-electron chi connectivity index (χ4n) is 5.33. The molecule has 1 aliphatic heterocycles. The van der Waals surface area contributed by atoms with E-state index < -0.39 is 6.04 Å². The van der Waals surface area contributed by atoms with Crippen molar-refractivity contribution >= 4 is 36.7 Å². The van der Waals surface area contributed by atoms with Crippen LogP contribution in [0, 0.1) is 12.7 Å². The van der Waals surface area contributed by atoms with Crippen LogP contribution in [0.2, 0.25) is 0 Å². The molecule has 9 heteroatoms. The van der Waals surface area contributed by atoms with Gasteiger partial charge < -0.3 is 20.5 Å². The lowest BCUT2D eigenvalue weighted by atomic mass is 10.0. The van der Waals surface area contributed by atoms with Gasteiger partial charge in [-0.1, -0.05) is 48.9 Å². The molecule has 0 unspecified atom stereocenters. The molecule has 1 atom stereocenters. The smallest absolute Gasteiger partial charge is 0.240 e. The lowest BCUT2D eigenvalue weighted by Gasteiger charge is -2.30. The number of amides is 1. The number of hydrogen-bond acceptors (Lipinski definition) is 5. The molecule has 2 heterocycles. The summed E-state index contributed by atoms with van der Waals surface area (Å²) in [6.45, 7) is 5.45. The highest BCUT2D eigenvalue weighted by atomic mass is 32.1. The van der Waals surface area contributed by atoms with Gasteiger partial charge in [0, 0.05) is 37.2 Å². The summed E-state index contributed by atoms with van der Waals surface area (Å²) in [6.07, 6.45) is 3.22. The third kappa shape index (κ3) is 7.91. The summed E-state index contributed by atoms with van der Waals surface area (Å²) >= 11 is 0. The first-order valence-corrected chi connectivity index (χ1v) is 14.6. The van der Waals surface area contributed by atoms with Crippen molar-refractivity contribution in [3.05, 3.63) is 101 Å². The highest BCUT2D eigenvalue weighted by Crippen LogP contribution is 2.33. The molecule has 5 rings (SSSR count). The fraction of sp³-hybridized carbons (Fsp3) is 0.324. The van der Waals surface area contributed by atoms with E-state index in [1.807, 2.05) is 62.4 Å². The van der Waals surface area contributed by atoms with E-state index in [2.05, 4.69) is 9.88 Å². The first-order valence-electron chi connectivity index (χ1n) is 14.6. The lowest BCUT2D eigenvalue weighted by Crippen LogP contribution is -2.47. The summed E-state index contributed by atoms with van der Waals surface area (Å²) in [5.41, 5.74) is 12.1. The monoisotopic (exact) mass is 601 g/mol. The number of aromatic nitrogens is 2. The predicted octanol–water partition coefficient (Wildman–Crippen LogP) is 6.07. The van der Waals surface area contributed by atoms with Crippen LogP contribution in [0.25, 0.3) is 11.3 Å². The standard InChI is InChI=1S/C34H38FN5O2.H2S/c1-3-4-29(41)18-11-24-7-9-25(10-8-24)21-30(36)34(42)39-19-20-40-31(22-39)38-32(26-12-14-27(35)15-13-26)33(40)37-28-16-5-23(2)6-17-28;/h5-10,12-17,30,37H,3-4,11,18-22,36H2,1-2H3;1H2/t30-;/m0./s1. The average molecular weight is 602 g/mol. The summed E-state index contributed by atoms with van der Waals surface area (Å²) in [7, 11) is 0. The van der Waals surface area contributed by atoms with Crippen molar-refractivity contribution in [3.63, 3.8) is 0 Å². The fourth-order valence-corrected chi connectivity index (χ4v) is 5.33. The number of nitrogens with zero attached hydrogens (tertiary/aromatic N) is 3. The molecular formula is C34H40FN5O2S. The minimum Gasteiger partial charge on any atom is -0.340 e. The molecule has 1 aromatic heterocycles. The molecule has 226 valence electrons. The zero-order chi connectivity index (χ0) is 29.6. The van der Waals surface area contributed by atoms with E-state index in [1.54, 1.807) is 17.0 Å². The van der Waals surface area contributed by atoms with Crippen molar-refractivity contribution in [2.75, 3.05) is 11.9 Å². The number of carbonyl (C=O) groups excluding carboxylic acids is 2. The topological polar surface area (TPSA) is 93.3 Å². The van der Waals surface area contributed by atoms with Crippen molar-refractivity contribution in [1.29, 1.82) is 0 Å². The minimum atomic E-state index is -0.676. The minimum absolute atomic E-state index is 0. The SMILES string of the molecule is CCCC(=O)CCc1ccc(C[C@H](N)C(=O)N2CCn3c(nc(-c4ccc(F)cc4)c3Nc3ccc(C)cc3)C2)cc1.S. The first-order chi connectivity index (χ1) is 20.3. The van der Waals surface area contributed by atoms with Crippen molar-refractivity contribution in [3.8, 4) is 11.3 Å². The molecule has 0 radical (unpaired) electrons. The Bertz CT molecular complexity index is 1540. The molecule has 3 N–H and O–H groups in total. The van der Waals surface area contributed by atoms with Crippen LogP contribution in [0.1, 0.15) is 48.7 Å². The second-order valence-corrected chi connectivity index (χ2v) is 11.1. The van der Waals surface area contributed by atoms with Gasteiger partial charge in [-0.3, -0.25) is 9.59 Å². The highest BCUT2D eigenvalue weighted by molar-refractivity contribution is 7.59. The third-order valence-corrected chi connectivity index (χ3v) is 7.73. The lowest BCUT2D eigenvalue weighted by molar-refractivity contribution is -0.134. The van der Waals surface area contributed by atoms with E-state index in [9.17, 15) is 14.0 Å².